The smallest absolute Gasteiger partial charge is 0.325 e. The Hall–Kier alpha value is -2.86. The van der Waals surface area contributed by atoms with Crippen LogP contribution < -0.4 is 10.6 Å². The highest BCUT2D eigenvalue weighted by Gasteiger charge is 2.40. The van der Waals surface area contributed by atoms with Crippen LogP contribution >= 0.6 is 11.6 Å². The highest BCUT2D eigenvalue weighted by atomic mass is 35.5. The van der Waals surface area contributed by atoms with E-state index in [4.69, 9.17) is 11.6 Å². The predicted molar refractivity (Wildman–Crippen MR) is 108 cm³/mol. The summed E-state index contributed by atoms with van der Waals surface area (Å²) in [6.45, 7) is 3.68. The highest BCUT2D eigenvalue weighted by molar-refractivity contribution is 6.31. The molecule has 3 rings (SSSR count). The van der Waals surface area contributed by atoms with E-state index in [0.29, 0.717) is 10.7 Å². The standard InChI is InChI=1S/C21H22ClN3O3/c1-13-8-9-16(22)12-18(13)23-19(26)11-10-17-20(27)25(21(28)24-17)14(2)15-6-4-3-5-7-15/h3-9,12,14,17H,10-11H2,1-2H3,(H,23,26)(H,24,28)/t14-,17-/m0/s1. The van der Waals surface area contributed by atoms with Gasteiger partial charge in [0.25, 0.3) is 5.91 Å². The van der Waals surface area contributed by atoms with Crippen LogP contribution in [0.2, 0.25) is 5.02 Å². The molecule has 1 fully saturated rings. The summed E-state index contributed by atoms with van der Waals surface area (Å²) < 4.78 is 0. The van der Waals surface area contributed by atoms with Gasteiger partial charge in [-0.25, -0.2) is 4.79 Å². The lowest BCUT2D eigenvalue weighted by atomic mass is 10.1. The second kappa shape index (κ2) is 8.44. The molecule has 0 radical (unpaired) electrons. The molecule has 1 aliphatic heterocycles. The van der Waals surface area contributed by atoms with Crippen molar-refractivity contribution in [2.75, 3.05) is 5.32 Å². The van der Waals surface area contributed by atoms with Gasteiger partial charge in [-0.2, -0.15) is 0 Å². The third-order valence-corrected chi connectivity index (χ3v) is 5.09. The fraction of sp³-hybridized carbons (Fsp3) is 0.286. The number of urea groups is 1. The summed E-state index contributed by atoms with van der Waals surface area (Å²) in [7, 11) is 0. The topological polar surface area (TPSA) is 78.5 Å². The van der Waals surface area contributed by atoms with E-state index in [2.05, 4.69) is 10.6 Å². The van der Waals surface area contributed by atoms with E-state index in [1.807, 2.05) is 50.2 Å². The molecule has 0 aliphatic carbocycles. The van der Waals surface area contributed by atoms with Crippen LogP contribution in [-0.2, 0) is 9.59 Å². The SMILES string of the molecule is Cc1ccc(Cl)cc1NC(=O)CC[C@@H]1NC(=O)N([C@@H](C)c2ccccc2)C1=O. The minimum Gasteiger partial charge on any atom is -0.326 e. The minimum absolute atomic E-state index is 0.107. The molecule has 0 bridgehead atoms. The maximum absolute atomic E-state index is 12.7. The number of anilines is 1. The van der Waals surface area contributed by atoms with Crippen molar-refractivity contribution in [3.05, 3.63) is 64.7 Å². The Morgan fingerprint density at radius 1 is 1.21 bits per heavy atom. The Bertz CT molecular complexity index is 901. The largest absolute Gasteiger partial charge is 0.326 e. The third-order valence-electron chi connectivity index (χ3n) is 4.86. The molecule has 0 saturated carbocycles. The molecular weight excluding hydrogens is 378 g/mol. The molecule has 2 aromatic rings. The molecule has 1 heterocycles. The van der Waals surface area contributed by atoms with Gasteiger partial charge in [-0.15, -0.1) is 0 Å². The molecule has 4 amide bonds. The summed E-state index contributed by atoms with van der Waals surface area (Å²) in [5.74, 6) is -0.546. The first-order chi connectivity index (χ1) is 13.4. The van der Waals surface area contributed by atoms with Crippen molar-refractivity contribution >= 4 is 35.1 Å². The molecule has 1 aliphatic rings. The number of aryl methyl sites for hydroxylation is 1. The van der Waals surface area contributed by atoms with Crippen molar-refractivity contribution in [2.45, 2.75) is 38.8 Å². The van der Waals surface area contributed by atoms with Gasteiger partial charge < -0.3 is 10.6 Å². The number of imide groups is 1. The Morgan fingerprint density at radius 3 is 2.64 bits per heavy atom. The summed E-state index contributed by atoms with van der Waals surface area (Å²) >= 11 is 5.96. The van der Waals surface area contributed by atoms with E-state index >= 15 is 0 Å². The molecule has 7 heteroatoms. The average molecular weight is 400 g/mol. The molecule has 1 saturated heterocycles. The van der Waals surface area contributed by atoms with Crippen LogP contribution in [-0.4, -0.2) is 28.8 Å². The van der Waals surface area contributed by atoms with Crippen LogP contribution in [0.5, 0.6) is 0 Å². The van der Waals surface area contributed by atoms with Crippen LogP contribution in [0.4, 0.5) is 10.5 Å². The zero-order valence-corrected chi connectivity index (χ0v) is 16.5. The molecule has 146 valence electrons. The first kappa shape index (κ1) is 19.9. The van der Waals surface area contributed by atoms with Crippen LogP contribution in [0.3, 0.4) is 0 Å². The number of nitrogens with one attached hydrogen (secondary N) is 2. The molecule has 2 N–H and O–H groups in total. The number of halogens is 1. The van der Waals surface area contributed by atoms with Crippen molar-refractivity contribution in [3.63, 3.8) is 0 Å². The van der Waals surface area contributed by atoms with Gasteiger partial charge in [0.1, 0.15) is 6.04 Å². The van der Waals surface area contributed by atoms with Gasteiger partial charge in [-0.3, -0.25) is 14.5 Å². The van der Waals surface area contributed by atoms with Gasteiger partial charge in [0.05, 0.1) is 6.04 Å². The number of carbonyl (C=O) groups is 3. The maximum atomic E-state index is 12.7. The van der Waals surface area contributed by atoms with Crippen LogP contribution in [0, 0.1) is 6.92 Å². The second-order valence-corrected chi connectivity index (χ2v) is 7.28. The first-order valence-electron chi connectivity index (χ1n) is 9.11. The van der Waals surface area contributed by atoms with Gasteiger partial charge >= 0.3 is 6.03 Å². The number of carbonyl (C=O) groups excluding carboxylic acids is 3. The molecule has 0 aromatic heterocycles. The first-order valence-corrected chi connectivity index (χ1v) is 9.49. The van der Waals surface area contributed by atoms with Crippen molar-refractivity contribution in [1.82, 2.24) is 10.2 Å². The van der Waals surface area contributed by atoms with Crippen LogP contribution in [0.1, 0.15) is 36.9 Å². The van der Waals surface area contributed by atoms with Gasteiger partial charge in [-0.1, -0.05) is 48.0 Å². The second-order valence-electron chi connectivity index (χ2n) is 6.84. The fourth-order valence-corrected chi connectivity index (χ4v) is 3.38. The third kappa shape index (κ3) is 4.34. The lowest BCUT2D eigenvalue weighted by Crippen LogP contribution is -2.34. The maximum Gasteiger partial charge on any atom is 0.325 e. The Labute approximate surface area is 168 Å². The fourth-order valence-electron chi connectivity index (χ4n) is 3.21. The Balaban J connectivity index is 1.59. The molecule has 2 atom stereocenters. The van der Waals surface area contributed by atoms with E-state index < -0.39 is 12.1 Å². The van der Waals surface area contributed by atoms with E-state index in [1.54, 1.807) is 12.1 Å². The molecule has 0 spiro atoms. The van der Waals surface area contributed by atoms with Crippen LogP contribution in [0.15, 0.2) is 48.5 Å². The van der Waals surface area contributed by atoms with E-state index in [-0.39, 0.29) is 30.7 Å². The van der Waals surface area contributed by atoms with Gasteiger partial charge in [-0.05, 0) is 43.5 Å². The summed E-state index contributed by atoms with van der Waals surface area (Å²) in [6, 6.07) is 13.1. The van der Waals surface area contributed by atoms with Crippen LogP contribution in [0.25, 0.3) is 0 Å². The Morgan fingerprint density at radius 2 is 1.93 bits per heavy atom. The summed E-state index contributed by atoms with van der Waals surface area (Å²) in [5, 5.41) is 6.01. The lowest BCUT2D eigenvalue weighted by molar-refractivity contribution is -0.129. The normalized spacial score (nSPS) is 17.4. The van der Waals surface area contributed by atoms with Crippen molar-refractivity contribution in [1.29, 1.82) is 0 Å². The summed E-state index contributed by atoms with van der Waals surface area (Å²) in [6.07, 6.45) is 0.338. The van der Waals surface area contributed by atoms with E-state index in [0.717, 1.165) is 11.1 Å². The minimum atomic E-state index is -0.704. The van der Waals surface area contributed by atoms with Gasteiger partial charge in [0.2, 0.25) is 5.91 Å². The molecule has 0 unspecified atom stereocenters. The van der Waals surface area contributed by atoms with E-state index in [9.17, 15) is 14.4 Å². The Kier molecular flexibility index (Phi) is 5.99. The van der Waals surface area contributed by atoms with Gasteiger partial charge in [0, 0.05) is 17.1 Å². The quantitative estimate of drug-likeness (QED) is 0.719. The molecule has 2 aromatic carbocycles. The van der Waals surface area contributed by atoms with Gasteiger partial charge in [0.15, 0.2) is 0 Å². The summed E-state index contributed by atoms with van der Waals surface area (Å²) in [4.78, 5) is 38.5. The molecular formula is C21H22ClN3O3. The highest BCUT2D eigenvalue weighted by Crippen LogP contribution is 2.25. The number of nitrogens with zero attached hydrogens (tertiary/aromatic N) is 1. The van der Waals surface area contributed by atoms with E-state index in [1.165, 1.54) is 4.90 Å². The zero-order valence-electron chi connectivity index (χ0n) is 15.7. The van der Waals surface area contributed by atoms with Crippen molar-refractivity contribution in [3.8, 4) is 0 Å². The summed E-state index contributed by atoms with van der Waals surface area (Å²) in [5.41, 5.74) is 2.41. The van der Waals surface area contributed by atoms with Crippen molar-refractivity contribution < 1.29 is 14.4 Å². The number of rotatable bonds is 6. The molecule has 28 heavy (non-hydrogen) atoms. The monoisotopic (exact) mass is 399 g/mol. The predicted octanol–water partition coefficient (Wildman–Crippen LogP) is 4.05. The lowest BCUT2D eigenvalue weighted by Gasteiger charge is -2.21. The molecule has 6 nitrogen and oxygen atoms in total. The number of hydrogen-bond donors (Lipinski definition) is 2. The zero-order chi connectivity index (χ0) is 20.3. The number of hydrogen-bond acceptors (Lipinski definition) is 3. The van der Waals surface area contributed by atoms with Crippen molar-refractivity contribution in [2.24, 2.45) is 0 Å². The number of amides is 4. The average Bonchev–Trinajstić information content (AvgIpc) is 2.96. The number of benzene rings is 2.